The summed E-state index contributed by atoms with van der Waals surface area (Å²) in [6, 6.07) is 13.8. The zero-order valence-electron chi connectivity index (χ0n) is 19.4. The van der Waals surface area contributed by atoms with Crippen molar-refractivity contribution in [2.45, 2.75) is 44.4 Å². The monoisotopic (exact) mass is 466 g/mol. The van der Waals surface area contributed by atoms with E-state index in [1.54, 1.807) is 30.1 Å². The first kappa shape index (κ1) is 23.6. The number of hydrogen-bond donors (Lipinski definition) is 3. The molecule has 1 saturated heterocycles. The summed E-state index contributed by atoms with van der Waals surface area (Å²) in [5, 5.41) is 8.28. The number of fused-ring (bicyclic) bond motifs is 2. The lowest BCUT2D eigenvalue weighted by molar-refractivity contribution is -0.130. The number of benzene rings is 2. The number of nitrogens with one attached hydrogen (secondary N) is 3. The van der Waals surface area contributed by atoms with Crippen molar-refractivity contribution < 1.29 is 23.9 Å². The van der Waals surface area contributed by atoms with E-state index in [-0.39, 0.29) is 49.1 Å². The quantitative estimate of drug-likeness (QED) is 0.627. The van der Waals surface area contributed by atoms with Gasteiger partial charge in [-0.1, -0.05) is 18.2 Å². The van der Waals surface area contributed by atoms with Gasteiger partial charge >= 0.3 is 6.03 Å². The molecule has 9 nitrogen and oxygen atoms in total. The third kappa shape index (κ3) is 5.48. The molecule has 34 heavy (non-hydrogen) atoms. The molecule has 0 bridgehead atoms. The van der Waals surface area contributed by atoms with Crippen molar-refractivity contribution in [3.63, 3.8) is 0 Å². The predicted octanol–water partition coefficient (Wildman–Crippen LogP) is 3.24. The van der Waals surface area contributed by atoms with E-state index in [1.807, 2.05) is 37.3 Å². The molecule has 9 heteroatoms. The second-order valence-corrected chi connectivity index (χ2v) is 8.48. The Morgan fingerprint density at radius 3 is 2.62 bits per heavy atom. The summed E-state index contributed by atoms with van der Waals surface area (Å²) in [5.74, 6) is 0.126. The first-order valence-corrected chi connectivity index (χ1v) is 11.5. The number of carbonyl (C=O) groups is 3. The molecule has 1 fully saturated rings. The third-order valence-electron chi connectivity index (χ3n) is 6.08. The van der Waals surface area contributed by atoms with Crippen molar-refractivity contribution in [3.8, 4) is 5.75 Å². The van der Waals surface area contributed by atoms with E-state index in [0.29, 0.717) is 36.4 Å². The van der Waals surface area contributed by atoms with Crippen LogP contribution in [0.3, 0.4) is 0 Å². The Morgan fingerprint density at radius 2 is 1.85 bits per heavy atom. The Balaban J connectivity index is 1.42. The fourth-order valence-electron chi connectivity index (χ4n) is 4.38. The molecule has 2 aliphatic rings. The Morgan fingerprint density at radius 1 is 1.06 bits per heavy atom. The van der Waals surface area contributed by atoms with Crippen LogP contribution in [-0.4, -0.2) is 61.2 Å². The smallest absolute Gasteiger partial charge is 0.319 e. The molecule has 0 unspecified atom stereocenters. The average molecular weight is 467 g/mol. The maximum absolute atomic E-state index is 13.3. The minimum absolute atomic E-state index is 0.108. The van der Waals surface area contributed by atoms with E-state index < -0.39 is 0 Å². The zero-order chi connectivity index (χ0) is 24.1. The van der Waals surface area contributed by atoms with Crippen LogP contribution in [0.15, 0.2) is 48.5 Å². The van der Waals surface area contributed by atoms with Gasteiger partial charge in [-0.15, -0.1) is 0 Å². The van der Waals surface area contributed by atoms with Gasteiger partial charge in [0.25, 0.3) is 5.91 Å². The van der Waals surface area contributed by atoms with Crippen molar-refractivity contribution in [3.05, 3.63) is 54.1 Å². The molecule has 2 aromatic rings. The maximum atomic E-state index is 13.3. The van der Waals surface area contributed by atoms with E-state index in [2.05, 4.69) is 16.0 Å². The minimum atomic E-state index is -0.349. The van der Waals surface area contributed by atoms with Crippen LogP contribution in [0.1, 0.15) is 36.5 Å². The molecule has 0 saturated carbocycles. The molecule has 0 aromatic heterocycles. The topological polar surface area (TPSA) is 109 Å². The highest BCUT2D eigenvalue weighted by atomic mass is 16.5. The van der Waals surface area contributed by atoms with Crippen LogP contribution in [-0.2, 0) is 9.53 Å². The lowest BCUT2D eigenvalue weighted by atomic mass is 9.94. The summed E-state index contributed by atoms with van der Waals surface area (Å²) in [4.78, 5) is 39.3. The summed E-state index contributed by atoms with van der Waals surface area (Å²) >= 11 is 0. The average Bonchev–Trinajstić information content (AvgIpc) is 2.82. The molecule has 0 aliphatic carbocycles. The molecule has 2 aromatic carbocycles. The van der Waals surface area contributed by atoms with Gasteiger partial charge in [0.05, 0.1) is 24.1 Å². The van der Waals surface area contributed by atoms with Crippen LogP contribution in [0.5, 0.6) is 5.75 Å². The molecule has 180 valence electrons. The van der Waals surface area contributed by atoms with Crippen molar-refractivity contribution in [1.82, 2.24) is 10.2 Å². The number of para-hydroxylation sites is 1. The highest BCUT2D eigenvalue weighted by Crippen LogP contribution is 2.32. The van der Waals surface area contributed by atoms with Crippen LogP contribution >= 0.6 is 0 Å². The van der Waals surface area contributed by atoms with Crippen LogP contribution < -0.4 is 20.7 Å². The number of rotatable bonds is 5. The number of ether oxygens (including phenoxy) is 2. The number of carbonyl (C=O) groups excluding carboxylic acids is 3. The third-order valence-corrected chi connectivity index (χ3v) is 6.08. The van der Waals surface area contributed by atoms with Crippen LogP contribution in [0.4, 0.5) is 16.2 Å². The van der Waals surface area contributed by atoms with Gasteiger partial charge in [0.2, 0.25) is 5.91 Å². The van der Waals surface area contributed by atoms with Gasteiger partial charge in [-0.05, 0) is 50.1 Å². The highest BCUT2D eigenvalue weighted by molar-refractivity contribution is 5.99. The maximum Gasteiger partial charge on any atom is 0.319 e. The second kappa shape index (κ2) is 10.6. The molecule has 3 N–H and O–H groups in total. The number of amides is 4. The normalized spacial score (nSPS) is 21.8. The van der Waals surface area contributed by atoms with Gasteiger partial charge in [-0.25, -0.2) is 4.79 Å². The van der Waals surface area contributed by atoms with Crippen molar-refractivity contribution in [1.29, 1.82) is 0 Å². The van der Waals surface area contributed by atoms with E-state index in [9.17, 15) is 14.4 Å². The number of nitrogens with zero attached hydrogens (tertiary/aromatic N) is 1. The molecule has 2 aliphatic heterocycles. The van der Waals surface area contributed by atoms with Gasteiger partial charge in [0.15, 0.2) is 0 Å². The number of anilines is 2. The SMILES string of the molecule is CCNC(=O)Nc1ccc2c(c1)C(=O)N(C)[C@H]1CC[C@@H](CC(=O)Nc3ccccc3)O[C@@H]1CO2. The van der Waals surface area contributed by atoms with E-state index in [4.69, 9.17) is 9.47 Å². The standard InChI is InChI=1S/C25H30N4O5/c1-3-26-25(32)28-17-9-12-21-19(13-17)24(31)29(2)20-11-10-18(34-22(20)15-33-21)14-23(30)27-16-7-5-4-6-8-16/h4-9,12-13,18,20,22H,3,10-11,14-15H2,1-2H3,(H,27,30)(H2,26,28,32)/t18-,20-,22+/m0/s1. The van der Waals surface area contributed by atoms with E-state index >= 15 is 0 Å². The van der Waals surface area contributed by atoms with Crippen molar-refractivity contribution >= 4 is 29.2 Å². The Bertz CT molecular complexity index is 1040. The number of hydrogen-bond acceptors (Lipinski definition) is 5. The van der Waals surface area contributed by atoms with E-state index in [1.165, 1.54) is 0 Å². The summed E-state index contributed by atoms with van der Waals surface area (Å²) in [6.45, 7) is 2.59. The van der Waals surface area contributed by atoms with Crippen molar-refractivity contribution in [2.75, 3.05) is 30.8 Å². The van der Waals surface area contributed by atoms with Gasteiger partial charge < -0.3 is 30.3 Å². The molecule has 4 amide bonds. The fraction of sp³-hybridized carbons (Fsp3) is 0.400. The van der Waals surface area contributed by atoms with Gasteiger partial charge in [0, 0.05) is 25.0 Å². The summed E-state index contributed by atoms with van der Waals surface area (Å²) in [7, 11) is 1.75. The summed E-state index contributed by atoms with van der Waals surface area (Å²) < 4.78 is 12.2. The predicted molar refractivity (Wildman–Crippen MR) is 128 cm³/mol. The van der Waals surface area contributed by atoms with Gasteiger partial charge in [-0.3, -0.25) is 9.59 Å². The largest absolute Gasteiger partial charge is 0.490 e. The molecule has 0 radical (unpaired) electrons. The van der Waals surface area contributed by atoms with Crippen LogP contribution in [0.2, 0.25) is 0 Å². The van der Waals surface area contributed by atoms with Gasteiger partial charge in [0.1, 0.15) is 18.5 Å². The van der Waals surface area contributed by atoms with Crippen LogP contribution in [0, 0.1) is 0 Å². The highest BCUT2D eigenvalue weighted by Gasteiger charge is 2.39. The van der Waals surface area contributed by atoms with Crippen LogP contribution in [0.25, 0.3) is 0 Å². The molecule has 3 atom stereocenters. The first-order valence-electron chi connectivity index (χ1n) is 11.5. The summed E-state index contributed by atoms with van der Waals surface area (Å²) in [6.07, 6.45) is 0.998. The fourth-order valence-corrected chi connectivity index (χ4v) is 4.38. The second-order valence-electron chi connectivity index (χ2n) is 8.48. The lowest BCUT2D eigenvalue weighted by Crippen LogP contribution is -2.53. The number of likely N-dealkylation sites (N-methyl/N-ethyl adjacent to an activating group) is 1. The lowest BCUT2D eigenvalue weighted by Gasteiger charge is -2.42. The Hall–Kier alpha value is -3.59. The Kier molecular flexibility index (Phi) is 7.32. The Labute approximate surface area is 198 Å². The zero-order valence-corrected chi connectivity index (χ0v) is 19.4. The molecular weight excluding hydrogens is 436 g/mol. The van der Waals surface area contributed by atoms with E-state index in [0.717, 1.165) is 5.69 Å². The molecule has 0 spiro atoms. The van der Waals surface area contributed by atoms with Gasteiger partial charge in [-0.2, -0.15) is 0 Å². The first-order chi connectivity index (χ1) is 16.4. The molecular formula is C25H30N4O5. The molecule has 4 rings (SSSR count). The van der Waals surface area contributed by atoms with Crippen molar-refractivity contribution in [2.24, 2.45) is 0 Å². The molecule has 2 heterocycles. The minimum Gasteiger partial charge on any atom is -0.490 e. The number of urea groups is 1. The summed E-state index contributed by atoms with van der Waals surface area (Å²) in [5.41, 5.74) is 1.65.